The van der Waals surface area contributed by atoms with Gasteiger partial charge in [0.15, 0.2) is 11.0 Å². The molecule has 0 spiro atoms. The minimum atomic E-state index is 0.487. The Morgan fingerprint density at radius 1 is 0.939 bits per heavy atom. The second-order valence-corrected chi connectivity index (χ2v) is 8.46. The van der Waals surface area contributed by atoms with Crippen LogP contribution in [0.5, 0.6) is 0 Å². The van der Waals surface area contributed by atoms with Gasteiger partial charge in [-0.25, -0.2) is 0 Å². The first-order chi connectivity index (χ1) is 16.2. The van der Waals surface area contributed by atoms with Gasteiger partial charge in [-0.15, -0.1) is 10.2 Å². The summed E-state index contributed by atoms with van der Waals surface area (Å²) in [7, 11) is 0. The average Bonchev–Trinajstić information content (AvgIpc) is 3.51. The van der Waals surface area contributed by atoms with Gasteiger partial charge in [-0.05, 0) is 48.7 Å². The molecule has 0 amide bonds. The van der Waals surface area contributed by atoms with Gasteiger partial charge in [0.25, 0.3) is 0 Å². The van der Waals surface area contributed by atoms with Gasteiger partial charge in [-0.1, -0.05) is 60.2 Å². The zero-order chi connectivity index (χ0) is 22.6. The van der Waals surface area contributed by atoms with Crippen LogP contribution in [0.3, 0.4) is 0 Å². The molecule has 164 valence electrons. The number of thioether (sulfide) groups is 1. The van der Waals surface area contributed by atoms with Crippen molar-refractivity contribution in [2.24, 2.45) is 0 Å². The van der Waals surface area contributed by atoms with E-state index in [1.807, 2.05) is 43.3 Å². The molecule has 5 aromatic rings. The molecule has 0 bridgehead atoms. The summed E-state index contributed by atoms with van der Waals surface area (Å²) in [4.78, 5) is 8.70. The minimum absolute atomic E-state index is 0.487. The molecule has 5 rings (SSSR count). The Hall–Kier alpha value is -3.78. The molecule has 3 aromatic heterocycles. The van der Waals surface area contributed by atoms with E-state index in [-0.39, 0.29) is 0 Å². The summed E-state index contributed by atoms with van der Waals surface area (Å²) in [5.74, 6) is 2.38. The molecule has 3 heterocycles. The van der Waals surface area contributed by atoms with Gasteiger partial charge in [0.2, 0.25) is 11.7 Å². The summed E-state index contributed by atoms with van der Waals surface area (Å²) < 4.78 is 7.57. The molecule has 0 aliphatic rings. The Morgan fingerprint density at radius 3 is 2.48 bits per heavy atom. The zero-order valence-electron chi connectivity index (χ0n) is 18.3. The van der Waals surface area contributed by atoms with Crippen LogP contribution in [0.15, 0.2) is 82.7 Å². The molecule has 0 N–H and O–H groups in total. The van der Waals surface area contributed by atoms with E-state index in [1.165, 1.54) is 17.3 Å². The highest BCUT2D eigenvalue weighted by molar-refractivity contribution is 7.98. The topological polar surface area (TPSA) is 82.5 Å². The molecule has 2 aromatic carbocycles. The number of hydrogen-bond acceptors (Lipinski definition) is 7. The molecule has 0 aliphatic carbocycles. The minimum Gasteiger partial charge on any atom is -0.338 e. The van der Waals surface area contributed by atoms with Crippen LogP contribution in [0, 0.1) is 6.92 Å². The van der Waals surface area contributed by atoms with E-state index >= 15 is 0 Å². The highest BCUT2D eigenvalue weighted by atomic mass is 32.2. The van der Waals surface area contributed by atoms with Crippen molar-refractivity contribution in [1.29, 1.82) is 0 Å². The van der Waals surface area contributed by atoms with Crippen molar-refractivity contribution in [2.75, 3.05) is 0 Å². The molecule has 0 saturated heterocycles. The van der Waals surface area contributed by atoms with Crippen molar-refractivity contribution >= 4 is 11.8 Å². The van der Waals surface area contributed by atoms with E-state index in [9.17, 15) is 0 Å². The van der Waals surface area contributed by atoms with Gasteiger partial charge >= 0.3 is 0 Å². The van der Waals surface area contributed by atoms with Crippen LogP contribution < -0.4 is 0 Å². The van der Waals surface area contributed by atoms with Crippen molar-refractivity contribution < 1.29 is 4.52 Å². The van der Waals surface area contributed by atoms with Crippen LogP contribution in [0.1, 0.15) is 23.9 Å². The number of aromatic nitrogens is 6. The quantitative estimate of drug-likeness (QED) is 0.299. The van der Waals surface area contributed by atoms with Crippen molar-refractivity contribution in [3.8, 4) is 28.5 Å². The van der Waals surface area contributed by atoms with Crippen LogP contribution >= 0.6 is 11.8 Å². The lowest BCUT2D eigenvalue weighted by molar-refractivity contribution is 0.391. The third-order valence-electron chi connectivity index (χ3n) is 5.35. The van der Waals surface area contributed by atoms with E-state index in [0.29, 0.717) is 17.5 Å². The smallest absolute Gasteiger partial charge is 0.237 e. The lowest BCUT2D eigenvalue weighted by atomic mass is 10.1. The van der Waals surface area contributed by atoms with Gasteiger partial charge in [0, 0.05) is 29.2 Å². The highest BCUT2D eigenvalue weighted by Gasteiger charge is 2.18. The lowest BCUT2D eigenvalue weighted by Gasteiger charge is -2.10. The molecule has 0 atom stereocenters. The van der Waals surface area contributed by atoms with E-state index < -0.39 is 0 Å². The van der Waals surface area contributed by atoms with Crippen LogP contribution in [-0.2, 0) is 12.2 Å². The fourth-order valence-electron chi connectivity index (χ4n) is 3.54. The lowest BCUT2D eigenvalue weighted by Crippen LogP contribution is -2.00. The summed E-state index contributed by atoms with van der Waals surface area (Å²) >= 11 is 1.51. The average molecular weight is 455 g/mol. The number of nitrogens with zero attached hydrogens (tertiary/aromatic N) is 6. The SMILES string of the molecule is CCc1ccc(-n2c(SCc3nc(-c4ccccc4C)no3)nnc2-c2ccncc2)cc1. The number of aryl methyl sites for hydroxylation is 2. The fraction of sp³-hybridized carbons (Fsp3) is 0.160. The molecule has 0 unspecified atom stereocenters. The van der Waals surface area contributed by atoms with E-state index in [2.05, 4.69) is 61.1 Å². The Bertz CT molecular complexity index is 1360. The third-order valence-corrected chi connectivity index (χ3v) is 6.27. The molecular weight excluding hydrogens is 432 g/mol. The van der Waals surface area contributed by atoms with Gasteiger partial charge in [-0.3, -0.25) is 9.55 Å². The van der Waals surface area contributed by atoms with Gasteiger partial charge in [-0.2, -0.15) is 4.98 Å². The Morgan fingerprint density at radius 2 is 1.73 bits per heavy atom. The first-order valence-electron chi connectivity index (χ1n) is 10.7. The molecule has 0 saturated carbocycles. The molecule has 33 heavy (non-hydrogen) atoms. The maximum absolute atomic E-state index is 5.52. The van der Waals surface area contributed by atoms with Crippen molar-refractivity contribution in [3.63, 3.8) is 0 Å². The highest BCUT2D eigenvalue weighted by Crippen LogP contribution is 2.30. The van der Waals surface area contributed by atoms with Crippen molar-refractivity contribution in [2.45, 2.75) is 31.2 Å². The predicted octanol–water partition coefficient (Wildman–Crippen LogP) is 5.54. The molecule has 0 radical (unpaired) electrons. The van der Waals surface area contributed by atoms with Crippen molar-refractivity contribution in [1.82, 2.24) is 29.9 Å². The van der Waals surface area contributed by atoms with Crippen LogP contribution in [-0.4, -0.2) is 29.9 Å². The Labute approximate surface area is 195 Å². The second-order valence-electron chi connectivity index (χ2n) is 7.51. The first kappa shape index (κ1) is 21.1. The largest absolute Gasteiger partial charge is 0.338 e. The monoisotopic (exact) mass is 454 g/mol. The third kappa shape index (κ3) is 4.42. The van der Waals surface area contributed by atoms with Crippen molar-refractivity contribution in [3.05, 3.63) is 90.1 Å². The number of pyridine rings is 1. The zero-order valence-corrected chi connectivity index (χ0v) is 19.2. The van der Waals surface area contributed by atoms with Crippen LogP contribution in [0.25, 0.3) is 28.5 Å². The summed E-state index contributed by atoms with van der Waals surface area (Å²) in [6.07, 6.45) is 4.50. The first-order valence-corrected chi connectivity index (χ1v) is 11.7. The number of hydrogen-bond donors (Lipinski definition) is 0. The fourth-order valence-corrected chi connectivity index (χ4v) is 4.33. The molecule has 8 heteroatoms. The van der Waals surface area contributed by atoms with E-state index in [4.69, 9.17) is 4.52 Å². The summed E-state index contributed by atoms with van der Waals surface area (Å²) in [5, 5.41) is 13.9. The molecular formula is C25H22N6OS. The maximum Gasteiger partial charge on any atom is 0.237 e. The number of rotatable bonds is 7. The molecule has 7 nitrogen and oxygen atoms in total. The van der Waals surface area contributed by atoms with E-state index in [0.717, 1.165) is 39.8 Å². The van der Waals surface area contributed by atoms with Gasteiger partial charge in [0.1, 0.15) is 0 Å². The number of benzene rings is 2. The van der Waals surface area contributed by atoms with Crippen LogP contribution in [0.2, 0.25) is 0 Å². The van der Waals surface area contributed by atoms with Crippen LogP contribution in [0.4, 0.5) is 0 Å². The van der Waals surface area contributed by atoms with Gasteiger partial charge < -0.3 is 4.52 Å². The normalized spacial score (nSPS) is 11.1. The van der Waals surface area contributed by atoms with E-state index in [1.54, 1.807) is 12.4 Å². The summed E-state index contributed by atoms with van der Waals surface area (Å²) in [6, 6.07) is 20.3. The van der Waals surface area contributed by atoms with Gasteiger partial charge in [0.05, 0.1) is 5.75 Å². The Balaban J connectivity index is 1.45. The molecule has 0 fully saturated rings. The summed E-state index contributed by atoms with van der Waals surface area (Å²) in [6.45, 7) is 4.18. The summed E-state index contributed by atoms with van der Waals surface area (Å²) in [5.41, 5.74) is 5.30. The predicted molar refractivity (Wildman–Crippen MR) is 128 cm³/mol. The maximum atomic E-state index is 5.52. The Kier molecular flexibility index (Phi) is 5.99. The standard InChI is InChI=1S/C25H22N6OS/c1-3-18-8-10-20(11-9-18)31-24(19-12-14-26-15-13-19)28-29-25(31)33-16-22-27-23(30-32-22)21-7-5-4-6-17(21)2/h4-15H,3,16H2,1-2H3. The molecule has 0 aliphatic heterocycles. The second kappa shape index (κ2) is 9.38.